The first kappa shape index (κ1) is 28.2. The molecule has 3 rings (SSSR count). The van der Waals surface area contributed by atoms with Gasteiger partial charge in [0, 0.05) is 31.0 Å². The molecule has 2 aromatic rings. The summed E-state index contributed by atoms with van der Waals surface area (Å²) in [4.78, 5) is 8.68. The Morgan fingerprint density at radius 1 is 1.21 bits per heavy atom. The highest BCUT2D eigenvalue weighted by molar-refractivity contribution is 6.55. The molecule has 0 radical (unpaired) electrons. The van der Waals surface area contributed by atoms with Crippen LogP contribution in [0.1, 0.15) is 36.8 Å². The first-order valence-corrected chi connectivity index (χ1v) is 11.2. The van der Waals surface area contributed by atoms with Crippen LogP contribution in [0.3, 0.4) is 0 Å². The van der Waals surface area contributed by atoms with Crippen LogP contribution >= 0.6 is 34.8 Å². The highest BCUT2D eigenvalue weighted by atomic mass is 35.5. The molecule has 12 heteroatoms. The van der Waals surface area contributed by atoms with Gasteiger partial charge in [0.15, 0.2) is 11.6 Å². The lowest BCUT2D eigenvalue weighted by Crippen LogP contribution is -2.09. The molecule has 0 fully saturated rings. The van der Waals surface area contributed by atoms with Crippen LogP contribution in [0.4, 0.5) is 17.6 Å². The number of unbranched alkanes of at least 4 members (excludes halogenated alkanes) is 1. The number of halogens is 7. The lowest BCUT2D eigenvalue weighted by Gasteiger charge is -2.08. The fourth-order valence-corrected chi connectivity index (χ4v) is 3.09. The average molecular weight is 544 g/mol. The number of benzene rings is 1. The number of aromatic nitrogens is 1. The van der Waals surface area contributed by atoms with E-state index in [0.717, 1.165) is 49.0 Å². The van der Waals surface area contributed by atoms with Crippen LogP contribution < -0.4 is 4.74 Å². The third kappa shape index (κ3) is 9.66. The molecule has 0 amide bonds. The molecule has 0 aliphatic carbocycles. The van der Waals surface area contributed by atoms with Crippen molar-refractivity contribution >= 4 is 40.5 Å². The van der Waals surface area contributed by atoms with Crippen molar-refractivity contribution < 1.29 is 32.2 Å². The minimum atomic E-state index is -4.36. The minimum Gasteiger partial charge on any atom is -0.486 e. The molecule has 0 saturated heterocycles. The molecule has 1 unspecified atom stereocenters. The minimum absolute atomic E-state index is 0.00367. The molecule has 0 spiro atoms. The van der Waals surface area contributed by atoms with E-state index in [9.17, 15) is 17.6 Å². The van der Waals surface area contributed by atoms with E-state index in [2.05, 4.69) is 10.1 Å². The van der Waals surface area contributed by atoms with Gasteiger partial charge < -0.3 is 14.7 Å². The zero-order valence-corrected chi connectivity index (χ0v) is 19.9. The molecule has 2 heterocycles. The fourth-order valence-electron chi connectivity index (χ4n) is 2.79. The van der Waals surface area contributed by atoms with Gasteiger partial charge in [-0.05, 0) is 49.6 Å². The van der Waals surface area contributed by atoms with Crippen LogP contribution in [-0.4, -0.2) is 35.1 Å². The number of aliphatic hydroxyl groups excluding tert-OH is 1. The molecule has 34 heavy (non-hydrogen) atoms. The highest BCUT2D eigenvalue weighted by Crippen LogP contribution is 2.29. The van der Waals surface area contributed by atoms with E-state index in [0.29, 0.717) is 6.42 Å². The maximum atomic E-state index is 13.8. The molecule has 1 aliphatic rings. The van der Waals surface area contributed by atoms with Gasteiger partial charge in [0.2, 0.25) is 0 Å². The van der Waals surface area contributed by atoms with E-state index in [1.54, 1.807) is 12.1 Å². The van der Waals surface area contributed by atoms with Crippen molar-refractivity contribution in [2.45, 2.75) is 38.0 Å². The summed E-state index contributed by atoms with van der Waals surface area (Å²) in [6.07, 6.45) is 2.07. The zero-order valence-electron chi connectivity index (χ0n) is 17.7. The number of hydrogen-bond donors (Lipinski definition) is 1. The molecule has 1 aromatic carbocycles. The Balaban J connectivity index is 0.000000310. The van der Waals surface area contributed by atoms with Gasteiger partial charge in [-0.25, -0.2) is 4.39 Å². The van der Waals surface area contributed by atoms with Crippen molar-refractivity contribution in [2.75, 3.05) is 13.2 Å². The van der Waals surface area contributed by atoms with Gasteiger partial charge in [-0.3, -0.25) is 4.98 Å². The van der Waals surface area contributed by atoms with Gasteiger partial charge in [-0.15, -0.1) is 0 Å². The molecule has 1 N–H and O–H groups in total. The second kappa shape index (κ2) is 13.7. The van der Waals surface area contributed by atoms with Crippen molar-refractivity contribution in [3.63, 3.8) is 0 Å². The number of pyridine rings is 1. The van der Waals surface area contributed by atoms with E-state index in [1.165, 1.54) is 12.1 Å². The maximum absolute atomic E-state index is 13.8. The Morgan fingerprint density at radius 3 is 2.59 bits per heavy atom. The van der Waals surface area contributed by atoms with Gasteiger partial charge in [-0.2, -0.15) is 13.2 Å². The summed E-state index contributed by atoms with van der Waals surface area (Å²) in [5.41, 5.74) is 0.687. The average Bonchev–Trinajstić information content (AvgIpc) is 3.24. The molecule has 1 aromatic heterocycles. The summed E-state index contributed by atoms with van der Waals surface area (Å²) >= 11 is 16.3. The van der Waals surface area contributed by atoms with Gasteiger partial charge in [0.1, 0.15) is 17.2 Å². The summed E-state index contributed by atoms with van der Waals surface area (Å²) in [6, 6.07) is 5.39. The number of alkyl halides is 3. The van der Waals surface area contributed by atoms with E-state index in [1.807, 2.05) is 0 Å². The van der Waals surface area contributed by atoms with Crippen LogP contribution in [0.15, 0.2) is 52.4 Å². The first-order chi connectivity index (χ1) is 16.1. The van der Waals surface area contributed by atoms with Crippen LogP contribution in [0.25, 0.3) is 0 Å². The van der Waals surface area contributed by atoms with Crippen LogP contribution in [0.2, 0.25) is 5.02 Å². The van der Waals surface area contributed by atoms with Gasteiger partial charge in [-0.1, -0.05) is 40.0 Å². The second-order valence-corrected chi connectivity index (χ2v) is 8.47. The Bertz CT molecular complexity index is 1000. The Labute approximate surface area is 208 Å². The molecule has 1 aliphatic heterocycles. The van der Waals surface area contributed by atoms with Gasteiger partial charge in [0.05, 0.1) is 16.3 Å². The number of nitrogens with zero attached hydrogens (tertiary/aromatic N) is 2. The highest BCUT2D eigenvalue weighted by Gasteiger charge is 2.30. The van der Waals surface area contributed by atoms with E-state index < -0.39 is 17.6 Å². The Morgan fingerprint density at radius 2 is 1.97 bits per heavy atom. The molecule has 5 nitrogen and oxygen atoms in total. The number of rotatable bonds is 8. The lowest BCUT2D eigenvalue weighted by molar-refractivity contribution is -0.137. The fraction of sp³-hybridized carbons (Fsp3) is 0.364. The lowest BCUT2D eigenvalue weighted by atomic mass is 10.0. The van der Waals surface area contributed by atoms with Crippen LogP contribution in [0, 0.1) is 5.82 Å². The zero-order chi connectivity index (χ0) is 25.1. The summed E-state index contributed by atoms with van der Waals surface area (Å²) in [5, 5.41) is 12.8. The molecule has 0 bridgehead atoms. The normalized spacial score (nSPS) is 15.1. The van der Waals surface area contributed by atoms with Crippen molar-refractivity contribution in [1.82, 2.24) is 4.98 Å². The van der Waals surface area contributed by atoms with Crippen LogP contribution in [0.5, 0.6) is 5.75 Å². The predicted molar refractivity (Wildman–Crippen MR) is 123 cm³/mol. The second-order valence-electron chi connectivity index (χ2n) is 7.03. The third-order valence-electron chi connectivity index (χ3n) is 4.44. The quantitative estimate of drug-likeness (QED) is 0.290. The standard InChI is InChI=1S/C16H18Cl2FNO3.C6H3ClF3N/c17-16(18)6-8-22-15-9-11(4-5-13(15)19)14-10-12(23-20-14)3-1-2-7-21;7-5-1-4(2-11-3-5)6(8,9)10/h4-6,9,12,21H,1-3,7-8,10H2;1-3H. The molecule has 1 atom stereocenters. The topological polar surface area (TPSA) is 63.9 Å². The summed E-state index contributed by atoms with van der Waals surface area (Å²) in [5.74, 6) is -0.355. The molecule has 0 saturated carbocycles. The van der Waals surface area contributed by atoms with Gasteiger partial charge >= 0.3 is 6.18 Å². The van der Waals surface area contributed by atoms with Crippen molar-refractivity contribution in [2.24, 2.45) is 5.16 Å². The summed E-state index contributed by atoms with van der Waals surface area (Å²) in [6.45, 7) is 0.259. The SMILES string of the molecule is FC(F)(F)c1cncc(Cl)c1.OCCCCC1CC(c2ccc(F)c(OCC=C(Cl)Cl)c2)=NO1. The number of aliphatic hydroxyl groups is 1. The van der Waals surface area contributed by atoms with Crippen LogP contribution in [-0.2, 0) is 11.0 Å². The van der Waals surface area contributed by atoms with Gasteiger partial charge in [0.25, 0.3) is 0 Å². The maximum Gasteiger partial charge on any atom is 0.417 e. The summed E-state index contributed by atoms with van der Waals surface area (Å²) in [7, 11) is 0. The Hall–Kier alpha value is -2.07. The monoisotopic (exact) mass is 542 g/mol. The number of oxime groups is 1. The number of hydrogen-bond acceptors (Lipinski definition) is 5. The van der Waals surface area contributed by atoms with Crippen molar-refractivity contribution in [1.29, 1.82) is 0 Å². The largest absolute Gasteiger partial charge is 0.486 e. The van der Waals surface area contributed by atoms with Crippen molar-refractivity contribution in [3.8, 4) is 5.75 Å². The van der Waals surface area contributed by atoms with E-state index >= 15 is 0 Å². The predicted octanol–water partition coefficient (Wildman–Crippen LogP) is 6.93. The van der Waals surface area contributed by atoms with Crippen molar-refractivity contribution in [3.05, 3.63) is 69.2 Å². The molecular formula is C22H21Cl3F4N2O3. The smallest absolute Gasteiger partial charge is 0.417 e. The first-order valence-electron chi connectivity index (χ1n) is 10.0. The summed E-state index contributed by atoms with van der Waals surface area (Å²) < 4.78 is 54.7. The molecular weight excluding hydrogens is 523 g/mol. The third-order valence-corrected chi connectivity index (χ3v) is 4.96. The van der Waals surface area contributed by atoms with E-state index in [-0.39, 0.29) is 34.6 Å². The number of ether oxygens (including phenoxy) is 1. The van der Waals surface area contributed by atoms with E-state index in [4.69, 9.17) is 49.5 Å². The molecule has 186 valence electrons. The Kier molecular flexibility index (Phi) is 11.4.